The van der Waals surface area contributed by atoms with E-state index in [4.69, 9.17) is 13.9 Å². The summed E-state index contributed by atoms with van der Waals surface area (Å²) >= 11 is 1.46. The highest BCUT2D eigenvalue weighted by Gasteiger charge is 2.16. The molecule has 5 aromatic rings. The second-order valence-electron chi connectivity index (χ2n) is 8.41. The van der Waals surface area contributed by atoms with Crippen LogP contribution in [0.15, 0.2) is 71.4 Å². The van der Waals surface area contributed by atoms with E-state index in [2.05, 4.69) is 10.3 Å². The van der Waals surface area contributed by atoms with E-state index in [1.54, 1.807) is 19.4 Å². The number of nitrogens with zero attached hydrogens (tertiary/aromatic N) is 1. The van der Waals surface area contributed by atoms with Crippen molar-refractivity contribution in [3.63, 3.8) is 0 Å². The van der Waals surface area contributed by atoms with Crippen LogP contribution in [0, 0.1) is 6.92 Å². The fourth-order valence-electron chi connectivity index (χ4n) is 4.19. The number of hydrogen-bond acceptors (Lipinski definition) is 6. The average molecular weight is 499 g/mol. The quantitative estimate of drug-likeness (QED) is 0.236. The number of methoxy groups -OCH3 is 1. The lowest BCUT2D eigenvalue weighted by Gasteiger charge is -2.11. The lowest BCUT2D eigenvalue weighted by Crippen LogP contribution is -2.08. The average Bonchev–Trinajstić information content (AvgIpc) is 3.48. The molecule has 7 heteroatoms. The van der Waals surface area contributed by atoms with Crippen molar-refractivity contribution >= 4 is 49.1 Å². The molecular weight excluding hydrogens is 472 g/mol. The molecule has 0 aliphatic heterocycles. The summed E-state index contributed by atoms with van der Waals surface area (Å²) in [5.41, 5.74) is 6.28. The molecule has 0 saturated heterocycles. The first-order valence-corrected chi connectivity index (χ1v) is 12.5. The third kappa shape index (κ3) is 4.57. The normalized spacial score (nSPS) is 11.7. The highest BCUT2D eigenvalue weighted by molar-refractivity contribution is 7.22. The Morgan fingerprint density at radius 3 is 2.69 bits per heavy atom. The molecule has 0 atom stereocenters. The molecule has 0 aliphatic rings. The summed E-state index contributed by atoms with van der Waals surface area (Å²) in [7, 11) is 1.65. The molecule has 0 spiro atoms. The van der Waals surface area contributed by atoms with Gasteiger partial charge in [0.2, 0.25) is 5.91 Å². The Hall–Kier alpha value is -4.10. The lowest BCUT2D eigenvalue weighted by atomic mass is 9.99. The molecule has 1 amide bonds. The van der Waals surface area contributed by atoms with Gasteiger partial charge in [-0.25, -0.2) is 4.98 Å². The summed E-state index contributed by atoms with van der Waals surface area (Å²) in [6.45, 7) is 6.34. The van der Waals surface area contributed by atoms with Gasteiger partial charge in [0.25, 0.3) is 0 Å². The van der Waals surface area contributed by atoms with Crippen LogP contribution in [0.3, 0.4) is 0 Å². The van der Waals surface area contributed by atoms with Gasteiger partial charge in [-0.15, -0.1) is 0 Å². The SMILES string of the molecule is CCOc1cc2occ(-c3ccc(OC)cc3)c2cc1/C(C)=C/C(=O)Nc1nc2c(C)cccc2s1. The smallest absolute Gasteiger partial charge is 0.250 e. The Labute approximate surface area is 213 Å². The van der Waals surface area contributed by atoms with Gasteiger partial charge in [-0.3, -0.25) is 10.1 Å². The Morgan fingerprint density at radius 1 is 1.17 bits per heavy atom. The van der Waals surface area contributed by atoms with E-state index in [1.165, 1.54) is 11.3 Å². The van der Waals surface area contributed by atoms with E-state index in [0.29, 0.717) is 17.5 Å². The topological polar surface area (TPSA) is 73.6 Å². The number of aromatic nitrogens is 1. The number of amides is 1. The maximum Gasteiger partial charge on any atom is 0.250 e. The Bertz CT molecular complexity index is 1600. The number of carbonyl (C=O) groups is 1. The predicted octanol–water partition coefficient (Wildman–Crippen LogP) is 7.47. The molecule has 3 aromatic carbocycles. The van der Waals surface area contributed by atoms with Crippen LogP contribution in [0.25, 0.3) is 37.9 Å². The van der Waals surface area contributed by atoms with Gasteiger partial charge in [-0.05, 0) is 61.7 Å². The van der Waals surface area contributed by atoms with Crippen molar-refractivity contribution in [1.82, 2.24) is 4.98 Å². The summed E-state index contributed by atoms with van der Waals surface area (Å²) in [6.07, 6.45) is 3.32. The number of rotatable bonds is 7. The van der Waals surface area contributed by atoms with Crippen molar-refractivity contribution < 1.29 is 18.7 Å². The number of thiazole rings is 1. The Morgan fingerprint density at radius 2 is 1.97 bits per heavy atom. The molecule has 0 saturated carbocycles. The monoisotopic (exact) mass is 498 g/mol. The van der Waals surface area contributed by atoms with Crippen molar-refractivity contribution in [2.24, 2.45) is 0 Å². The van der Waals surface area contributed by atoms with Gasteiger partial charge in [0.05, 0.1) is 30.2 Å². The van der Waals surface area contributed by atoms with Gasteiger partial charge in [-0.1, -0.05) is 35.6 Å². The highest BCUT2D eigenvalue weighted by Crippen LogP contribution is 2.38. The van der Waals surface area contributed by atoms with Gasteiger partial charge in [-0.2, -0.15) is 0 Å². The van der Waals surface area contributed by atoms with E-state index in [-0.39, 0.29) is 5.91 Å². The standard InChI is InChI=1S/C29H26N2O4S/c1-5-34-24-15-25-22(23(16-35-25)19-9-11-20(33-4)12-10-19)14-21(24)18(3)13-27(32)30-29-31-28-17(2)7-6-8-26(28)36-29/h6-16H,5H2,1-4H3,(H,30,31,32)/b18-13+. The zero-order valence-electron chi connectivity index (χ0n) is 20.5. The second-order valence-corrected chi connectivity index (χ2v) is 9.44. The summed E-state index contributed by atoms with van der Waals surface area (Å²) < 4.78 is 18.1. The molecule has 0 bridgehead atoms. The number of anilines is 1. The van der Waals surface area contributed by atoms with Crippen LogP contribution in [-0.4, -0.2) is 24.6 Å². The molecule has 5 rings (SSSR count). The molecule has 6 nitrogen and oxygen atoms in total. The van der Waals surface area contributed by atoms with Crippen molar-refractivity contribution in [2.45, 2.75) is 20.8 Å². The number of ether oxygens (including phenoxy) is 2. The number of nitrogens with one attached hydrogen (secondary N) is 1. The van der Waals surface area contributed by atoms with E-state index in [1.807, 2.05) is 75.4 Å². The van der Waals surface area contributed by atoms with Gasteiger partial charge in [0.15, 0.2) is 5.13 Å². The van der Waals surface area contributed by atoms with Crippen LogP contribution in [-0.2, 0) is 4.79 Å². The first-order chi connectivity index (χ1) is 17.5. The number of benzene rings is 3. The predicted molar refractivity (Wildman–Crippen MR) is 146 cm³/mol. The minimum absolute atomic E-state index is 0.241. The van der Waals surface area contributed by atoms with E-state index in [9.17, 15) is 4.79 Å². The summed E-state index contributed by atoms with van der Waals surface area (Å²) in [6, 6.07) is 17.7. The number of carbonyl (C=O) groups excluding carboxylic acids is 1. The van der Waals surface area contributed by atoms with E-state index < -0.39 is 0 Å². The second kappa shape index (κ2) is 9.87. The van der Waals surface area contributed by atoms with Crippen LogP contribution < -0.4 is 14.8 Å². The van der Waals surface area contributed by atoms with E-state index in [0.717, 1.165) is 54.8 Å². The third-order valence-electron chi connectivity index (χ3n) is 6.00. The first-order valence-electron chi connectivity index (χ1n) is 11.6. The minimum Gasteiger partial charge on any atom is -0.497 e. The third-order valence-corrected chi connectivity index (χ3v) is 6.94. The molecular formula is C29H26N2O4S. The number of furan rings is 1. The number of aryl methyl sites for hydroxylation is 1. The van der Waals surface area contributed by atoms with Gasteiger partial charge >= 0.3 is 0 Å². The van der Waals surface area contributed by atoms with Crippen LogP contribution in [0.1, 0.15) is 25.0 Å². The van der Waals surface area contributed by atoms with Gasteiger partial charge < -0.3 is 13.9 Å². The van der Waals surface area contributed by atoms with Crippen LogP contribution >= 0.6 is 11.3 Å². The van der Waals surface area contributed by atoms with Crippen molar-refractivity contribution in [3.05, 3.63) is 78.1 Å². The molecule has 1 N–H and O–H groups in total. The zero-order valence-corrected chi connectivity index (χ0v) is 21.4. The molecule has 2 heterocycles. The molecule has 0 radical (unpaired) electrons. The maximum absolute atomic E-state index is 12.9. The van der Waals surface area contributed by atoms with Gasteiger partial charge in [0, 0.05) is 28.7 Å². The molecule has 36 heavy (non-hydrogen) atoms. The fraction of sp³-hybridized carbons (Fsp3) is 0.172. The molecule has 0 aliphatic carbocycles. The van der Waals surface area contributed by atoms with E-state index >= 15 is 0 Å². The Kier molecular flexibility index (Phi) is 6.48. The van der Waals surface area contributed by atoms with Crippen molar-refractivity contribution in [3.8, 4) is 22.6 Å². The Balaban J connectivity index is 1.49. The summed E-state index contributed by atoms with van der Waals surface area (Å²) in [5, 5.41) is 4.42. The fourth-order valence-corrected chi connectivity index (χ4v) is 5.13. The minimum atomic E-state index is -0.241. The number of allylic oxidation sites excluding steroid dienone is 1. The van der Waals surface area contributed by atoms with Crippen molar-refractivity contribution in [2.75, 3.05) is 19.0 Å². The molecule has 0 unspecified atom stereocenters. The van der Waals surface area contributed by atoms with Crippen LogP contribution in [0.4, 0.5) is 5.13 Å². The molecule has 182 valence electrons. The zero-order chi connectivity index (χ0) is 25.2. The van der Waals surface area contributed by atoms with Crippen molar-refractivity contribution in [1.29, 1.82) is 0 Å². The van der Waals surface area contributed by atoms with Crippen LogP contribution in [0.2, 0.25) is 0 Å². The summed E-state index contributed by atoms with van der Waals surface area (Å²) in [4.78, 5) is 17.5. The molecule has 2 aromatic heterocycles. The summed E-state index contributed by atoms with van der Waals surface area (Å²) in [5.74, 6) is 1.21. The molecule has 0 fully saturated rings. The van der Waals surface area contributed by atoms with Gasteiger partial charge in [0.1, 0.15) is 17.1 Å². The lowest BCUT2D eigenvalue weighted by molar-refractivity contribution is -0.111. The number of fused-ring (bicyclic) bond motifs is 2. The maximum atomic E-state index is 12.9. The number of para-hydroxylation sites is 1. The number of hydrogen-bond donors (Lipinski definition) is 1. The highest BCUT2D eigenvalue weighted by atomic mass is 32.1. The van der Waals surface area contributed by atoms with Crippen LogP contribution in [0.5, 0.6) is 11.5 Å². The first kappa shape index (κ1) is 23.6. The largest absolute Gasteiger partial charge is 0.497 e.